The summed E-state index contributed by atoms with van der Waals surface area (Å²) >= 11 is 0. The monoisotopic (exact) mass is 207 g/mol. The van der Waals surface area contributed by atoms with Crippen molar-refractivity contribution in [2.75, 3.05) is 13.2 Å². The van der Waals surface area contributed by atoms with Crippen LogP contribution in [0.1, 0.15) is 12.0 Å². The second kappa shape index (κ2) is 4.21. The van der Waals surface area contributed by atoms with Gasteiger partial charge in [0.1, 0.15) is 0 Å². The lowest BCUT2D eigenvalue weighted by Crippen LogP contribution is -2.24. The Kier molecular flexibility index (Phi) is 2.76. The highest BCUT2D eigenvalue weighted by atomic mass is 16.5. The van der Waals surface area contributed by atoms with Crippen LogP contribution in [0.4, 0.5) is 0 Å². The number of fused-ring (bicyclic) bond motifs is 1. The molecule has 2 rings (SSSR count). The first-order chi connectivity index (χ1) is 7.25. The highest BCUT2D eigenvalue weighted by Gasteiger charge is 2.10. The first-order valence-corrected chi connectivity index (χ1v) is 4.84. The largest absolute Gasteiger partial charge is 0.550 e. The summed E-state index contributed by atoms with van der Waals surface area (Å²) in [4.78, 5) is 10.4. The molecule has 80 valence electrons. The van der Waals surface area contributed by atoms with Crippen molar-refractivity contribution < 1.29 is 19.4 Å². The molecule has 0 aliphatic carbocycles. The van der Waals surface area contributed by atoms with Crippen molar-refractivity contribution in [3.05, 3.63) is 23.8 Å². The Hall–Kier alpha value is -1.71. The van der Waals surface area contributed by atoms with Gasteiger partial charge in [0.25, 0.3) is 0 Å². The van der Waals surface area contributed by atoms with Crippen LogP contribution >= 0.6 is 0 Å². The van der Waals surface area contributed by atoms with E-state index in [2.05, 4.69) is 0 Å². The fraction of sp³-hybridized carbons (Fsp3) is 0.364. The van der Waals surface area contributed by atoms with Crippen LogP contribution < -0.4 is 14.6 Å². The van der Waals surface area contributed by atoms with Crippen LogP contribution in [0.15, 0.2) is 18.2 Å². The van der Waals surface area contributed by atoms with Gasteiger partial charge < -0.3 is 19.4 Å². The highest BCUT2D eigenvalue weighted by Crippen LogP contribution is 2.30. The third kappa shape index (κ3) is 2.40. The summed E-state index contributed by atoms with van der Waals surface area (Å²) in [5, 5.41) is 10.4. The van der Waals surface area contributed by atoms with E-state index in [9.17, 15) is 9.90 Å². The molecule has 0 spiro atoms. The van der Waals surface area contributed by atoms with E-state index in [1.54, 1.807) is 18.2 Å². The van der Waals surface area contributed by atoms with Gasteiger partial charge in [0, 0.05) is 18.8 Å². The number of benzene rings is 1. The van der Waals surface area contributed by atoms with Crippen LogP contribution in [0, 0.1) is 0 Å². The van der Waals surface area contributed by atoms with E-state index in [1.807, 2.05) is 0 Å². The molecule has 0 amide bonds. The number of carbonyl (C=O) groups is 1. The Balaban J connectivity index is 2.23. The number of carbonyl (C=O) groups excluding carboxylic acids is 1. The van der Waals surface area contributed by atoms with Crippen molar-refractivity contribution in [3.8, 4) is 11.5 Å². The van der Waals surface area contributed by atoms with E-state index < -0.39 is 5.97 Å². The molecule has 0 saturated carbocycles. The molecule has 0 fully saturated rings. The number of rotatable bonds is 2. The second-order valence-electron chi connectivity index (χ2n) is 3.38. The van der Waals surface area contributed by atoms with Crippen molar-refractivity contribution in [1.82, 2.24) is 0 Å². The van der Waals surface area contributed by atoms with E-state index >= 15 is 0 Å². The van der Waals surface area contributed by atoms with Gasteiger partial charge in [-0.25, -0.2) is 0 Å². The molecule has 0 aromatic heterocycles. The van der Waals surface area contributed by atoms with E-state index in [0.717, 1.165) is 6.42 Å². The maximum Gasteiger partial charge on any atom is 0.161 e. The number of ether oxygens (including phenoxy) is 2. The van der Waals surface area contributed by atoms with Gasteiger partial charge in [-0.15, -0.1) is 0 Å². The van der Waals surface area contributed by atoms with Crippen molar-refractivity contribution in [1.29, 1.82) is 0 Å². The molecule has 1 aliphatic heterocycles. The van der Waals surface area contributed by atoms with Gasteiger partial charge in [-0.1, -0.05) is 6.07 Å². The minimum absolute atomic E-state index is 0.101. The molecular weight excluding hydrogens is 196 g/mol. The zero-order chi connectivity index (χ0) is 10.7. The average molecular weight is 207 g/mol. The SMILES string of the molecule is O=C([O-])Cc1ccc2c(c1)OCCCO2. The van der Waals surface area contributed by atoms with Gasteiger partial charge in [-0.3, -0.25) is 0 Å². The molecule has 0 unspecified atom stereocenters. The molecule has 1 aromatic carbocycles. The van der Waals surface area contributed by atoms with Crippen LogP contribution in [-0.2, 0) is 11.2 Å². The standard InChI is InChI=1S/C11H12O4/c12-11(13)7-8-2-3-9-10(6-8)15-5-1-4-14-9/h2-3,6H,1,4-5,7H2,(H,12,13)/p-1. The number of hydrogen-bond donors (Lipinski definition) is 0. The molecule has 1 aliphatic rings. The summed E-state index contributed by atoms with van der Waals surface area (Å²) in [7, 11) is 0. The fourth-order valence-corrected chi connectivity index (χ4v) is 1.48. The zero-order valence-electron chi connectivity index (χ0n) is 8.19. The number of hydrogen-bond acceptors (Lipinski definition) is 4. The molecule has 15 heavy (non-hydrogen) atoms. The summed E-state index contributed by atoms with van der Waals surface area (Å²) in [5.74, 6) is 0.199. The van der Waals surface area contributed by atoms with Crippen LogP contribution in [0.3, 0.4) is 0 Å². The molecule has 1 heterocycles. The Morgan fingerprint density at radius 3 is 2.73 bits per heavy atom. The first kappa shape index (κ1) is 9.83. The molecular formula is C11H11O4-. The molecule has 1 aromatic rings. The predicted molar refractivity (Wildman–Crippen MR) is 50.8 cm³/mol. The summed E-state index contributed by atoms with van der Waals surface area (Å²) in [6.45, 7) is 1.23. The zero-order valence-corrected chi connectivity index (χ0v) is 8.19. The smallest absolute Gasteiger partial charge is 0.161 e. The van der Waals surface area contributed by atoms with Gasteiger partial charge in [0.05, 0.1) is 13.2 Å². The van der Waals surface area contributed by atoms with Gasteiger partial charge in [-0.2, -0.15) is 0 Å². The minimum atomic E-state index is -1.09. The summed E-state index contributed by atoms with van der Waals surface area (Å²) in [5.41, 5.74) is 0.666. The van der Waals surface area contributed by atoms with Crippen molar-refractivity contribution in [2.24, 2.45) is 0 Å². The second-order valence-corrected chi connectivity index (χ2v) is 3.38. The highest BCUT2D eigenvalue weighted by molar-refractivity contribution is 5.68. The molecule has 0 N–H and O–H groups in total. The lowest BCUT2D eigenvalue weighted by atomic mass is 10.1. The van der Waals surface area contributed by atoms with E-state index in [0.29, 0.717) is 30.3 Å². The fourth-order valence-electron chi connectivity index (χ4n) is 1.48. The number of carboxylic acid groups (broad SMARTS) is 1. The maximum atomic E-state index is 10.4. The molecule has 4 nitrogen and oxygen atoms in total. The third-order valence-corrected chi connectivity index (χ3v) is 2.16. The minimum Gasteiger partial charge on any atom is -0.550 e. The van der Waals surface area contributed by atoms with Crippen molar-refractivity contribution >= 4 is 5.97 Å². The Morgan fingerprint density at radius 1 is 1.27 bits per heavy atom. The first-order valence-electron chi connectivity index (χ1n) is 4.84. The van der Waals surface area contributed by atoms with E-state index in [4.69, 9.17) is 9.47 Å². The number of aliphatic carboxylic acids is 1. The summed E-state index contributed by atoms with van der Waals surface area (Å²) < 4.78 is 10.9. The average Bonchev–Trinajstić information content (AvgIpc) is 2.41. The van der Waals surface area contributed by atoms with Crippen LogP contribution in [0.25, 0.3) is 0 Å². The van der Waals surface area contributed by atoms with Crippen LogP contribution in [0.2, 0.25) is 0 Å². The summed E-state index contributed by atoms with van der Waals surface area (Å²) in [6.07, 6.45) is 0.737. The number of carboxylic acids is 1. The van der Waals surface area contributed by atoms with Gasteiger partial charge >= 0.3 is 0 Å². The molecule has 0 radical (unpaired) electrons. The Morgan fingerprint density at radius 2 is 2.00 bits per heavy atom. The van der Waals surface area contributed by atoms with E-state index in [1.165, 1.54) is 0 Å². The van der Waals surface area contributed by atoms with Crippen LogP contribution in [0.5, 0.6) is 11.5 Å². The van der Waals surface area contributed by atoms with Gasteiger partial charge in [0.15, 0.2) is 11.5 Å². The Labute approximate surface area is 87.4 Å². The maximum absolute atomic E-state index is 10.4. The Bertz CT molecular complexity index is 373. The van der Waals surface area contributed by atoms with Gasteiger partial charge in [-0.05, 0) is 17.7 Å². The van der Waals surface area contributed by atoms with Crippen molar-refractivity contribution in [2.45, 2.75) is 12.8 Å². The third-order valence-electron chi connectivity index (χ3n) is 2.16. The lowest BCUT2D eigenvalue weighted by Gasteiger charge is -2.09. The molecule has 4 heteroatoms. The van der Waals surface area contributed by atoms with Crippen LogP contribution in [-0.4, -0.2) is 19.2 Å². The normalized spacial score (nSPS) is 14.4. The molecule has 0 bridgehead atoms. The molecule has 0 saturated heterocycles. The lowest BCUT2D eigenvalue weighted by molar-refractivity contribution is -0.304. The quantitative estimate of drug-likeness (QED) is 0.692. The topological polar surface area (TPSA) is 58.6 Å². The van der Waals surface area contributed by atoms with E-state index in [-0.39, 0.29) is 6.42 Å². The van der Waals surface area contributed by atoms with Gasteiger partial charge in [0.2, 0.25) is 0 Å². The van der Waals surface area contributed by atoms with Crippen molar-refractivity contribution in [3.63, 3.8) is 0 Å². The predicted octanol–water partition coefficient (Wildman–Crippen LogP) is 0.140. The summed E-state index contributed by atoms with van der Waals surface area (Å²) in [6, 6.07) is 5.14. The molecule has 0 atom stereocenters.